The molecule has 0 aliphatic heterocycles. The Labute approximate surface area is 166 Å². The van der Waals surface area contributed by atoms with Crippen LogP contribution in [0.4, 0.5) is 0 Å². The quantitative estimate of drug-likeness (QED) is 0.369. The molecule has 0 aliphatic carbocycles. The topological polar surface area (TPSA) is 76.4 Å². The molecule has 0 aliphatic rings. The summed E-state index contributed by atoms with van der Waals surface area (Å²) in [6.07, 6.45) is 1.79. The minimum Gasteiger partial charge on any atom is -0.382 e. The van der Waals surface area contributed by atoms with E-state index in [2.05, 4.69) is 31.9 Å². The van der Waals surface area contributed by atoms with Crippen molar-refractivity contribution in [3.63, 3.8) is 0 Å². The molecule has 0 amide bonds. The Balaban J connectivity index is 1.89. The Morgan fingerprint density at radius 1 is 1.26 bits per heavy atom. The standard InChI is InChI=1S/C19H29ClN6O/c1-4-27-12-6-10-21-19(23-14-18-25-24-15(2)26(18)3)22-11-9-16-7-5-8-17(20)13-16/h5,7-8,13H,4,6,9-12,14H2,1-3H3,(H2,21,22,23). The molecule has 1 aromatic heterocycles. The molecule has 1 aromatic carbocycles. The van der Waals surface area contributed by atoms with E-state index in [0.717, 1.165) is 61.8 Å². The van der Waals surface area contributed by atoms with Crippen molar-refractivity contribution in [2.75, 3.05) is 26.3 Å². The largest absolute Gasteiger partial charge is 0.382 e. The first-order chi connectivity index (χ1) is 13.1. The van der Waals surface area contributed by atoms with Crippen molar-refractivity contribution in [3.8, 4) is 0 Å². The summed E-state index contributed by atoms with van der Waals surface area (Å²) in [6.45, 7) is 7.43. The smallest absolute Gasteiger partial charge is 0.191 e. The number of halogens is 1. The Kier molecular flexibility index (Phi) is 9.07. The molecule has 1 heterocycles. The van der Waals surface area contributed by atoms with Crippen LogP contribution in [0.15, 0.2) is 29.3 Å². The third-order valence-corrected chi connectivity index (χ3v) is 4.35. The Morgan fingerprint density at radius 3 is 2.78 bits per heavy atom. The predicted octanol–water partition coefficient (Wildman–Crippen LogP) is 2.48. The zero-order valence-corrected chi connectivity index (χ0v) is 17.1. The van der Waals surface area contributed by atoms with E-state index in [1.807, 2.05) is 43.7 Å². The molecule has 148 valence electrons. The molecule has 0 fully saturated rings. The highest BCUT2D eigenvalue weighted by atomic mass is 35.5. The van der Waals surface area contributed by atoms with Gasteiger partial charge in [0.1, 0.15) is 12.4 Å². The summed E-state index contributed by atoms with van der Waals surface area (Å²) in [5, 5.41) is 15.7. The molecule has 0 bridgehead atoms. The molecule has 0 saturated heterocycles. The fourth-order valence-corrected chi connectivity index (χ4v) is 2.67. The van der Waals surface area contributed by atoms with Gasteiger partial charge >= 0.3 is 0 Å². The van der Waals surface area contributed by atoms with Gasteiger partial charge in [-0.15, -0.1) is 10.2 Å². The van der Waals surface area contributed by atoms with Crippen LogP contribution in [0.1, 0.15) is 30.6 Å². The Hall–Kier alpha value is -2.12. The lowest BCUT2D eigenvalue weighted by molar-refractivity contribution is 0.145. The van der Waals surface area contributed by atoms with Crippen LogP contribution in [0, 0.1) is 6.92 Å². The molecular formula is C19H29ClN6O. The lowest BCUT2D eigenvalue weighted by Crippen LogP contribution is -2.39. The minimum atomic E-state index is 0.468. The maximum atomic E-state index is 6.05. The lowest BCUT2D eigenvalue weighted by Gasteiger charge is -2.13. The van der Waals surface area contributed by atoms with Gasteiger partial charge in [-0.2, -0.15) is 0 Å². The average molecular weight is 393 g/mol. The lowest BCUT2D eigenvalue weighted by atomic mass is 10.1. The number of ether oxygens (including phenoxy) is 1. The number of aliphatic imine (C=N–C) groups is 1. The molecule has 0 radical (unpaired) electrons. The molecule has 0 saturated carbocycles. The van der Waals surface area contributed by atoms with Gasteiger partial charge in [-0.3, -0.25) is 0 Å². The van der Waals surface area contributed by atoms with Crippen molar-refractivity contribution in [3.05, 3.63) is 46.5 Å². The number of aryl methyl sites for hydroxylation is 1. The summed E-state index contributed by atoms with van der Waals surface area (Å²) in [6, 6.07) is 7.91. The molecule has 0 spiro atoms. The fourth-order valence-electron chi connectivity index (χ4n) is 2.46. The van der Waals surface area contributed by atoms with Gasteiger partial charge in [0.05, 0.1) is 0 Å². The van der Waals surface area contributed by atoms with Crippen molar-refractivity contribution in [2.24, 2.45) is 12.0 Å². The number of aromatic nitrogens is 3. The third kappa shape index (κ3) is 7.56. The van der Waals surface area contributed by atoms with Gasteiger partial charge < -0.3 is 19.9 Å². The molecule has 2 rings (SSSR count). The Bertz CT molecular complexity index is 731. The van der Waals surface area contributed by atoms with Crippen molar-refractivity contribution >= 4 is 17.6 Å². The van der Waals surface area contributed by atoms with Crippen molar-refractivity contribution in [1.82, 2.24) is 25.4 Å². The van der Waals surface area contributed by atoms with Crippen LogP contribution >= 0.6 is 11.6 Å². The molecule has 0 atom stereocenters. The molecule has 2 aromatic rings. The minimum absolute atomic E-state index is 0.468. The van der Waals surface area contributed by atoms with E-state index in [1.165, 1.54) is 5.56 Å². The molecule has 7 nitrogen and oxygen atoms in total. The number of nitrogens with one attached hydrogen (secondary N) is 2. The van der Waals surface area contributed by atoms with E-state index in [4.69, 9.17) is 16.3 Å². The maximum Gasteiger partial charge on any atom is 0.191 e. The van der Waals surface area contributed by atoms with Gasteiger partial charge in [0.25, 0.3) is 0 Å². The van der Waals surface area contributed by atoms with E-state index in [1.54, 1.807) is 0 Å². The van der Waals surface area contributed by atoms with Gasteiger partial charge in [0, 0.05) is 38.4 Å². The summed E-state index contributed by atoms with van der Waals surface area (Å²) >= 11 is 6.05. The first-order valence-corrected chi connectivity index (χ1v) is 9.67. The number of guanidine groups is 1. The molecular weight excluding hydrogens is 364 g/mol. The van der Waals surface area contributed by atoms with Crippen LogP contribution in [-0.4, -0.2) is 47.0 Å². The van der Waals surface area contributed by atoms with Gasteiger partial charge in [-0.1, -0.05) is 23.7 Å². The monoisotopic (exact) mass is 392 g/mol. The van der Waals surface area contributed by atoms with Crippen LogP contribution < -0.4 is 10.6 Å². The predicted molar refractivity (Wildman–Crippen MR) is 109 cm³/mol. The number of nitrogens with zero attached hydrogens (tertiary/aromatic N) is 4. The van der Waals surface area contributed by atoms with Crippen LogP contribution in [-0.2, 0) is 24.8 Å². The van der Waals surface area contributed by atoms with Gasteiger partial charge in [-0.05, 0) is 44.4 Å². The number of benzene rings is 1. The Morgan fingerprint density at radius 2 is 2.07 bits per heavy atom. The van der Waals surface area contributed by atoms with E-state index in [0.29, 0.717) is 6.54 Å². The molecule has 2 N–H and O–H groups in total. The number of hydrogen-bond donors (Lipinski definition) is 2. The van der Waals surface area contributed by atoms with Gasteiger partial charge in [-0.25, -0.2) is 4.99 Å². The van der Waals surface area contributed by atoms with Crippen molar-refractivity contribution < 1.29 is 4.74 Å². The highest BCUT2D eigenvalue weighted by Gasteiger charge is 2.05. The van der Waals surface area contributed by atoms with Gasteiger partial charge in [0.2, 0.25) is 0 Å². The zero-order valence-electron chi connectivity index (χ0n) is 16.3. The van der Waals surface area contributed by atoms with Gasteiger partial charge in [0.15, 0.2) is 11.8 Å². The fraction of sp³-hybridized carbons (Fsp3) is 0.526. The summed E-state index contributed by atoms with van der Waals surface area (Å²) in [5.74, 6) is 2.47. The van der Waals surface area contributed by atoms with E-state index >= 15 is 0 Å². The van der Waals surface area contributed by atoms with Crippen LogP contribution in [0.5, 0.6) is 0 Å². The molecule has 8 heteroatoms. The first-order valence-electron chi connectivity index (χ1n) is 9.29. The van der Waals surface area contributed by atoms with Crippen molar-refractivity contribution in [1.29, 1.82) is 0 Å². The highest BCUT2D eigenvalue weighted by Crippen LogP contribution is 2.10. The maximum absolute atomic E-state index is 6.05. The highest BCUT2D eigenvalue weighted by molar-refractivity contribution is 6.30. The van der Waals surface area contributed by atoms with Crippen LogP contribution in [0.3, 0.4) is 0 Å². The summed E-state index contributed by atoms with van der Waals surface area (Å²) in [4.78, 5) is 4.64. The van der Waals surface area contributed by atoms with E-state index < -0.39 is 0 Å². The normalized spacial score (nSPS) is 11.6. The van der Waals surface area contributed by atoms with E-state index in [9.17, 15) is 0 Å². The number of hydrogen-bond acceptors (Lipinski definition) is 4. The average Bonchev–Trinajstić information content (AvgIpc) is 2.97. The van der Waals surface area contributed by atoms with Crippen molar-refractivity contribution in [2.45, 2.75) is 33.2 Å². The van der Waals surface area contributed by atoms with Crippen LogP contribution in [0.2, 0.25) is 5.02 Å². The second kappa shape index (κ2) is 11.6. The summed E-state index contributed by atoms with van der Waals surface area (Å²) in [7, 11) is 1.95. The molecule has 0 unspecified atom stereocenters. The van der Waals surface area contributed by atoms with Crippen LogP contribution in [0.25, 0.3) is 0 Å². The second-order valence-electron chi connectivity index (χ2n) is 6.17. The summed E-state index contributed by atoms with van der Waals surface area (Å²) in [5.41, 5.74) is 1.19. The number of rotatable bonds is 10. The second-order valence-corrected chi connectivity index (χ2v) is 6.61. The zero-order chi connectivity index (χ0) is 19.5. The van der Waals surface area contributed by atoms with E-state index in [-0.39, 0.29) is 0 Å². The SMILES string of the molecule is CCOCCCNC(=NCc1nnc(C)n1C)NCCc1cccc(Cl)c1. The third-order valence-electron chi connectivity index (χ3n) is 4.12. The molecule has 27 heavy (non-hydrogen) atoms. The first kappa shape index (κ1) is 21.2. The summed E-state index contributed by atoms with van der Waals surface area (Å²) < 4.78 is 7.33.